The monoisotopic (exact) mass is 295 g/mol. The number of nitrogens with zero attached hydrogens (tertiary/aromatic N) is 2. The van der Waals surface area contributed by atoms with Crippen LogP contribution in [0.5, 0.6) is 5.88 Å². The summed E-state index contributed by atoms with van der Waals surface area (Å²) in [6.45, 7) is 14.3. The highest BCUT2D eigenvalue weighted by Gasteiger charge is 2.11. The number of rotatable bonds is 8. The van der Waals surface area contributed by atoms with Crippen LogP contribution in [0.1, 0.15) is 59.7 Å². The summed E-state index contributed by atoms with van der Waals surface area (Å²) in [5.74, 6) is 2.48. The zero-order chi connectivity index (χ0) is 15.9. The second-order valence-corrected chi connectivity index (χ2v) is 6.34. The molecule has 0 radical (unpaired) electrons. The van der Waals surface area contributed by atoms with E-state index in [1.165, 1.54) is 0 Å². The van der Waals surface area contributed by atoms with Gasteiger partial charge in [0.15, 0.2) is 0 Å². The van der Waals surface area contributed by atoms with Gasteiger partial charge >= 0.3 is 0 Å². The molecule has 0 aliphatic rings. The highest BCUT2D eigenvalue weighted by Crippen LogP contribution is 2.18. The third kappa shape index (κ3) is 7.27. The molecule has 1 rings (SSSR count). The number of aromatic nitrogens is 2. The van der Waals surface area contributed by atoms with E-state index in [9.17, 15) is 0 Å². The third-order valence-electron chi connectivity index (χ3n) is 2.66. The minimum Gasteiger partial charge on any atom is -0.475 e. The van der Waals surface area contributed by atoms with Crippen LogP contribution in [0.4, 0.5) is 5.82 Å². The van der Waals surface area contributed by atoms with Gasteiger partial charge in [0.1, 0.15) is 18.2 Å². The summed E-state index contributed by atoms with van der Waals surface area (Å²) in [5.41, 5.74) is -0.147. The van der Waals surface area contributed by atoms with E-state index >= 15 is 0 Å². The van der Waals surface area contributed by atoms with Crippen molar-refractivity contribution in [1.82, 2.24) is 9.97 Å². The van der Waals surface area contributed by atoms with Crippen LogP contribution in [0.25, 0.3) is 0 Å². The maximum Gasteiger partial charge on any atom is 0.218 e. The van der Waals surface area contributed by atoms with Gasteiger partial charge in [0, 0.05) is 18.5 Å². The van der Waals surface area contributed by atoms with Crippen molar-refractivity contribution in [2.24, 2.45) is 0 Å². The SMILES string of the molecule is CCCNc1cc(OCCOC(C)(C)C)nc(C(C)C)n1. The lowest BCUT2D eigenvalue weighted by molar-refractivity contribution is -0.0168. The minimum atomic E-state index is -0.147. The quantitative estimate of drug-likeness (QED) is 0.742. The number of hydrogen-bond donors (Lipinski definition) is 1. The molecular formula is C16H29N3O2. The maximum atomic E-state index is 5.70. The number of nitrogens with one attached hydrogen (secondary N) is 1. The molecule has 0 saturated carbocycles. The molecule has 0 saturated heterocycles. The third-order valence-corrected chi connectivity index (χ3v) is 2.66. The Balaban J connectivity index is 2.64. The second-order valence-electron chi connectivity index (χ2n) is 6.34. The zero-order valence-corrected chi connectivity index (χ0v) is 14.2. The van der Waals surface area contributed by atoms with Gasteiger partial charge in [-0.15, -0.1) is 0 Å². The van der Waals surface area contributed by atoms with Crippen LogP contribution in [-0.2, 0) is 4.74 Å². The van der Waals surface area contributed by atoms with Crippen molar-refractivity contribution in [1.29, 1.82) is 0 Å². The minimum absolute atomic E-state index is 0.147. The van der Waals surface area contributed by atoms with Crippen LogP contribution in [0.2, 0.25) is 0 Å². The summed E-state index contributed by atoms with van der Waals surface area (Å²) in [4.78, 5) is 8.95. The molecule has 0 spiro atoms. The zero-order valence-electron chi connectivity index (χ0n) is 14.2. The van der Waals surface area contributed by atoms with Crippen LogP contribution in [-0.4, -0.2) is 35.3 Å². The van der Waals surface area contributed by atoms with Gasteiger partial charge in [-0.3, -0.25) is 0 Å². The largest absolute Gasteiger partial charge is 0.475 e. The van der Waals surface area contributed by atoms with Gasteiger partial charge in [-0.2, -0.15) is 4.98 Å². The summed E-state index contributed by atoms with van der Waals surface area (Å²) < 4.78 is 11.3. The Morgan fingerprint density at radius 1 is 1.19 bits per heavy atom. The van der Waals surface area contributed by atoms with Gasteiger partial charge in [-0.1, -0.05) is 20.8 Å². The first kappa shape index (κ1) is 17.7. The molecule has 0 aliphatic heterocycles. The normalized spacial score (nSPS) is 11.8. The molecule has 0 bridgehead atoms. The predicted molar refractivity (Wildman–Crippen MR) is 86.1 cm³/mol. The van der Waals surface area contributed by atoms with E-state index in [4.69, 9.17) is 9.47 Å². The van der Waals surface area contributed by atoms with Crippen molar-refractivity contribution in [2.45, 2.75) is 59.5 Å². The Labute approximate surface area is 128 Å². The van der Waals surface area contributed by atoms with Gasteiger partial charge in [-0.05, 0) is 27.2 Å². The molecule has 5 nitrogen and oxygen atoms in total. The first-order valence-electron chi connectivity index (χ1n) is 7.71. The fraction of sp³-hybridized carbons (Fsp3) is 0.750. The average molecular weight is 295 g/mol. The second kappa shape index (κ2) is 8.17. The van der Waals surface area contributed by atoms with Gasteiger partial charge in [0.25, 0.3) is 0 Å². The Bertz CT molecular complexity index is 428. The summed E-state index contributed by atoms with van der Waals surface area (Å²) in [6.07, 6.45) is 1.05. The van der Waals surface area contributed by atoms with E-state index in [2.05, 4.69) is 36.1 Å². The summed E-state index contributed by atoms with van der Waals surface area (Å²) in [6, 6.07) is 1.85. The molecule has 120 valence electrons. The lowest BCUT2D eigenvalue weighted by atomic mass is 10.2. The molecule has 0 fully saturated rings. The number of hydrogen-bond acceptors (Lipinski definition) is 5. The molecule has 0 aliphatic carbocycles. The maximum absolute atomic E-state index is 5.70. The molecule has 0 aromatic carbocycles. The Hall–Kier alpha value is -1.36. The molecule has 1 aromatic heterocycles. The lowest BCUT2D eigenvalue weighted by Gasteiger charge is -2.19. The molecule has 1 aromatic rings. The van der Waals surface area contributed by atoms with E-state index in [0.717, 1.165) is 24.6 Å². The van der Waals surface area contributed by atoms with Crippen LogP contribution in [0.15, 0.2) is 6.07 Å². The average Bonchev–Trinajstić information content (AvgIpc) is 2.40. The number of ether oxygens (including phenoxy) is 2. The van der Waals surface area contributed by atoms with Crippen LogP contribution < -0.4 is 10.1 Å². The molecule has 0 atom stereocenters. The topological polar surface area (TPSA) is 56.3 Å². The molecule has 1 heterocycles. The number of anilines is 1. The highest BCUT2D eigenvalue weighted by molar-refractivity contribution is 5.38. The van der Waals surface area contributed by atoms with E-state index in [1.54, 1.807) is 0 Å². The van der Waals surface area contributed by atoms with Crippen molar-refractivity contribution >= 4 is 5.82 Å². The Kier molecular flexibility index (Phi) is 6.89. The summed E-state index contributed by atoms with van der Waals surface area (Å²) in [5, 5.41) is 3.28. The van der Waals surface area contributed by atoms with E-state index in [0.29, 0.717) is 19.1 Å². The highest BCUT2D eigenvalue weighted by atomic mass is 16.5. The van der Waals surface area contributed by atoms with Gasteiger partial charge in [0.2, 0.25) is 5.88 Å². The van der Waals surface area contributed by atoms with Crippen molar-refractivity contribution in [2.75, 3.05) is 25.1 Å². The van der Waals surface area contributed by atoms with E-state index in [-0.39, 0.29) is 11.5 Å². The predicted octanol–water partition coefficient (Wildman–Crippen LogP) is 3.62. The molecule has 21 heavy (non-hydrogen) atoms. The van der Waals surface area contributed by atoms with Gasteiger partial charge in [-0.25, -0.2) is 4.98 Å². The first-order valence-corrected chi connectivity index (χ1v) is 7.71. The smallest absolute Gasteiger partial charge is 0.218 e. The Morgan fingerprint density at radius 3 is 2.48 bits per heavy atom. The van der Waals surface area contributed by atoms with Crippen molar-refractivity contribution < 1.29 is 9.47 Å². The van der Waals surface area contributed by atoms with E-state index < -0.39 is 0 Å². The van der Waals surface area contributed by atoms with Crippen molar-refractivity contribution in [3.63, 3.8) is 0 Å². The molecule has 1 N–H and O–H groups in total. The molecular weight excluding hydrogens is 266 g/mol. The van der Waals surface area contributed by atoms with Crippen LogP contribution >= 0.6 is 0 Å². The molecule has 0 unspecified atom stereocenters. The molecule has 5 heteroatoms. The van der Waals surface area contributed by atoms with Gasteiger partial charge < -0.3 is 14.8 Å². The summed E-state index contributed by atoms with van der Waals surface area (Å²) >= 11 is 0. The summed E-state index contributed by atoms with van der Waals surface area (Å²) in [7, 11) is 0. The van der Waals surface area contributed by atoms with Crippen LogP contribution in [0, 0.1) is 0 Å². The Morgan fingerprint density at radius 2 is 1.90 bits per heavy atom. The van der Waals surface area contributed by atoms with Crippen molar-refractivity contribution in [3.8, 4) is 5.88 Å². The molecule has 0 amide bonds. The van der Waals surface area contributed by atoms with Crippen LogP contribution in [0.3, 0.4) is 0 Å². The first-order chi connectivity index (χ1) is 9.81. The standard InChI is InChI=1S/C16H29N3O2/c1-7-8-17-13-11-14(19-15(18-13)12(2)3)20-9-10-21-16(4,5)6/h11-12H,7-10H2,1-6H3,(H,17,18,19). The fourth-order valence-corrected chi connectivity index (χ4v) is 1.61. The van der Waals surface area contributed by atoms with Crippen molar-refractivity contribution in [3.05, 3.63) is 11.9 Å². The van der Waals surface area contributed by atoms with E-state index in [1.807, 2.05) is 26.8 Å². The fourth-order valence-electron chi connectivity index (χ4n) is 1.61. The lowest BCUT2D eigenvalue weighted by Crippen LogP contribution is -2.22. The van der Waals surface area contributed by atoms with Gasteiger partial charge in [0.05, 0.1) is 12.2 Å².